The maximum absolute atomic E-state index is 9.53. The second-order valence-corrected chi connectivity index (χ2v) is 3.54. The van der Waals surface area contributed by atoms with Crippen molar-refractivity contribution in [2.24, 2.45) is 0 Å². The molecule has 0 bridgehead atoms. The molecule has 1 saturated carbocycles. The first-order valence-corrected chi connectivity index (χ1v) is 4.51. The van der Waals surface area contributed by atoms with E-state index in [4.69, 9.17) is 0 Å². The van der Waals surface area contributed by atoms with Gasteiger partial charge in [0.05, 0.1) is 6.20 Å². The monoisotopic (exact) mass is 174 g/mol. The van der Waals surface area contributed by atoms with Crippen molar-refractivity contribution in [3.05, 3.63) is 30.4 Å². The van der Waals surface area contributed by atoms with Crippen LogP contribution in [0.3, 0.4) is 0 Å². The van der Waals surface area contributed by atoms with Gasteiger partial charge in [-0.05, 0) is 25.0 Å². The van der Waals surface area contributed by atoms with E-state index in [1.54, 1.807) is 12.3 Å². The molecule has 1 N–H and O–H groups in total. The van der Waals surface area contributed by atoms with E-state index < -0.39 is 0 Å². The highest BCUT2D eigenvalue weighted by molar-refractivity contribution is 5.58. The van der Waals surface area contributed by atoms with Crippen molar-refractivity contribution in [2.75, 3.05) is 0 Å². The Kier molecular flexibility index (Phi) is 1.20. The summed E-state index contributed by atoms with van der Waals surface area (Å²) in [6.45, 7) is 0. The lowest BCUT2D eigenvalue weighted by molar-refractivity contribution is 0.479. The first kappa shape index (κ1) is 6.95. The van der Waals surface area contributed by atoms with E-state index in [0.29, 0.717) is 11.7 Å². The number of aromatic nitrogens is 2. The zero-order valence-corrected chi connectivity index (χ0v) is 7.14. The highest BCUT2D eigenvalue weighted by atomic mass is 16.3. The van der Waals surface area contributed by atoms with Gasteiger partial charge in [-0.25, -0.2) is 4.98 Å². The molecule has 0 spiro atoms. The van der Waals surface area contributed by atoms with Gasteiger partial charge >= 0.3 is 0 Å². The Balaban J connectivity index is 2.32. The van der Waals surface area contributed by atoms with Gasteiger partial charge in [0.1, 0.15) is 17.1 Å². The lowest BCUT2D eigenvalue weighted by atomic mass is 10.3. The van der Waals surface area contributed by atoms with E-state index >= 15 is 0 Å². The summed E-state index contributed by atoms with van der Waals surface area (Å²) in [4.78, 5) is 4.32. The maximum atomic E-state index is 9.53. The molecule has 13 heavy (non-hydrogen) atoms. The van der Waals surface area contributed by atoms with Gasteiger partial charge in [0.15, 0.2) is 0 Å². The average molecular weight is 174 g/mol. The molecule has 66 valence electrons. The molecule has 2 heterocycles. The average Bonchev–Trinajstić information content (AvgIpc) is 2.87. The molecule has 0 aliphatic heterocycles. The second kappa shape index (κ2) is 2.25. The molecule has 0 aromatic carbocycles. The molecule has 1 aliphatic carbocycles. The summed E-state index contributed by atoms with van der Waals surface area (Å²) in [5, 5.41) is 9.53. The quantitative estimate of drug-likeness (QED) is 0.717. The van der Waals surface area contributed by atoms with Crippen LogP contribution >= 0.6 is 0 Å². The zero-order valence-electron chi connectivity index (χ0n) is 7.14. The SMILES string of the molecule is Oc1cccn2c(C3CC3)ncc12. The number of fused-ring (bicyclic) bond motifs is 1. The van der Waals surface area contributed by atoms with Crippen LogP contribution in [-0.2, 0) is 0 Å². The second-order valence-electron chi connectivity index (χ2n) is 3.54. The molecular weight excluding hydrogens is 164 g/mol. The van der Waals surface area contributed by atoms with Crippen molar-refractivity contribution < 1.29 is 5.11 Å². The predicted molar refractivity (Wildman–Crippen MR) is 48.8 cm³/mol. The van der Waals surface area contributed by atoms with E-state index in [-0.39, 0.29) is 0 Å². The Bertz CT molecular complexity index is 457. The fourth-order valence-corrected chi connectivity index (χ4v) is 1.67. The third-order valence-electron chi connectivity index (χ3n) is 2.52. The number of nitrogens with zero attached hydrogens (tertiary/aromatic N) is 2. The van der Waals surface area contributed by atoms with Crippen molar-refractivity contribution in [3.8, 4) is 5.75 Å². The Morgan fingerprint density at radius 1 is 1.46 bits per heavy atom. The molecule has 3 rings (SSSR count). The number of imidazole rings is 1. The molecule has 3 heteroatoms. The summed E-state index contributed by atoms with van der Waals surface area (Å²) in [5.74, 6) is 2.01. The third kappa shape index (κ3) is 0.932. The minimum atomic E-state index is 0.307. The standard InChI is InChI=1S/C10H10N2O/c13-9-2-1-5-12-8(9)6-11-10(12)7-3-4-7/h1-2,5-7,13H,3-4H2. The molecule has 0 amide bonds. The molecule has 0 unspecified atom stereocenters. The van der Waals surface area contributed by atoms with Crippen molar-refractivity contribution >= 4 is 5.52 Å². The fourth-order valence-electron chi connectivity index (χ4n) is 1.67. The van der Waals surface area contributed by atoms with Gasteiger partial charge in [-0.1, -0.05) is 0 Å². The van der Waals surface area contributed by atoms with Gasteiger partial charge < -0.3 is 9.51 Å². The van der Waals surface area contributed by atoms with Crippen LogP contribution < -0.4 is 0 Å². The molecule has 1 aliphatic rings. The lowest BCUT2D eigenvalue weighted by Crippen LogP contribution is -1.90. The van der Waals surface area contributed by atoms with Gasteiger partial charge in [-0.3, -0.25) is 0 Å². The van der Waals surface area contributed by atoms with Crippen molar-refractivity contribution in [3.63, 3.8) is 0 Å². The molecule has 0 radical (unpaired) electrons. The minimum Gasteiger partial charge on any atom is -0.506 e. The number of hydrogen-bond donors (Lipinski definition) is 1. The number of hydrogen-bond acceptors (Lipinski definition) is 2. The van der Waals surface area contributed by atoms with Crippen LogP contribution in [0.15, 0.2) is 24.5 Å². The maximum Gasteiger partial charge on any atom is 0.141 e. The van der Waals surface area contributed by atoms with E-state index in [2.05, 4.69) is 4.98 Å². The molecule has 0 saturated heterocycles. The Hall–Kier alpha value is -1.51. The van der Waals surface area contributed by atoms with Crippen LogP contribution in [0.5, 0.6) is 5.75 Å². The van der Waals surface area contributed by atoms with E-state index in [1.807, 2.05) is 16.7 Å². The van der Waals surface area contributed by atoms with Crippen LogP contribution in [0, 0.1) is 0 Å². The van der Waals surface area contributed by atoms with Gasteiger partial charge in [0.25, 0.3) is 0 Å². The van der Waals surface area contributed by atoms with Gasteiger partial charge in [-0.2, -0.15) is 0 Å². The summed E-state index contributed by atoms with van der Waals surface area (Å²) in [7, 11) is 0. The molecule has 0 atom stereocenters. The molecule has 3 nitrogen and oxygen atoms in total. The van der Waals surface area contributed by atoms with Crippen LogP contribution in [0.2, 0.25) is 0 Å². The van der Waals surface area contributed by atoms with Gasteiger partial charge in [0, 0.05) is 12.1 Å². The highest BCUT2D eigenvalue weighted by Gasteiger charge is 2.27. The topological polar surface area (TPSA) is 37.5 Å². The minimum absolute atomic E-state index is 0.307. The summed E-state index contributed by atoms with van der Waals surface area (Å²) < 4.78 is 1.98. The third-order valence-corrected chi connectivity index (χ3v) is 2.52. The lowest BCUT2D eigenvalue weighted by Gasteiger charge is -1.99. The van der Waals surface area contributed by atoms with Gasteiger partial charge in [-0.15, -0.1) is 0 Å². The van der Waals surface area contributed by atoms with Crippen molar-refractivity contribution in [2.45, 2.75) is 18.8 Å². The van der Waals surface area contributed by atoms with E-state index in [0.717, 1.165) is 11.3 Å². The Labute approximate surface area is 75.7 Å². The van der Waals surface area contributed by atoms with E-state index in [1.165, 1.54) is 12.8 Å². The van der Waals surface area contributed by atoms with Crippen LogP contribution in [0.25, 0.3) is 5.52 Å². The van der Waals surface area contributed by atoms with Crippen LogP contribution in [-0.4, -0.2) is 14.5 Å². The summed E-state index contributed by atoms with van der Waals surface area (Å²) in [6, 6.07) is 3.53. The summed E-state index contributed by atoms with van der Waals surface area (Å²) >= 11 is 0. The highest BCUT2D eigenvalue weighted by Crippen LogP contribution is 2.39. The first-order chi connectivity index (χ1) is 6.36. The van der Waals surface area contributed by atoms with Crippen LogP contribution in [0.1, 0.15) is 24.6 Å². The van der Waals surface area contributed by atoms with Gasteiger partial charge in [0.2, 0.25) is 0 Å². The Morgan fingerprint density at radius 3 is 3.08 bits per heavy atom. The smallest absolute Gasteiger partial charge is 0.141 e. The predicted octanol–water partition coefficient (Wildman–Crippen LogP) is 1.92. The van der Waals surface area contributed by atoms with Crippen LogP contribution in [0.4, 0.5) is 0 Å². The normalized spacial score (nSPS) is 16.6. The van der Waals surface area contributed by atoms with Crippen molar-refractivity contribution in [1.29, 1.82) is 0 Å². The first-order valence-electron chi connectivity index (χ1n) is 4.51. The summed E-state index contributed by atoms with van der Waals surface area (Å²) in [5.41, 5.74) is 0.810. The molecule has 2 aromatic heterocycles. The fraction of sp³-hybridized carbons (Fsp3) is 0.300. The molecule has 2 aromatic rings. The Morgan fingerprint density at radius 2 is 2.31 bits per heavy atom. The number of aromatic hydroxyl groups is 1. The molecule has 1 fully saturated rings. The summed E-state index contributed by atoms with van der Waals surface area (Å²) in [6.07, 6.45) is 6.15. The van der Waals surface area contributed by atoms with E-state index in [9.17, 15) is 5.11 Å². The number of pyridine rings is 1. The zero-order chi connectivity index (χ0) is 8.84. The molecular formula is C10H10N2O. The largest absolute Gasteiger partial charge is 0.506 e. The number of rotatable bonds is 1. The van der Waals surface area contributed by atoms with Crippen molar-refractivity contribution in [1.82, 2.24) is 9.38 Å².